The fraction of sp³-hybridized carbons (Fsp3) is 0.222. The maximum Gasteiger partial charge on any atom is 0.573 e. The van der Waals surface area contributed by atoms with Gasteiger partial charge in [0.2, 0.25) is 5.91 Å². The molecule has 0 bridgehead atoms. The zero-order valence-electron chi connectivity index (χ0n) is 14.3. The summed E-state index contributed by atoms with van der Waals surface area (Å²) in [7, 11) is 1.78. The average molecular weight is 395 g/mol. The minimum Gasteiger partial charge on any atom is -0.406 e. The van der Waals surface area contributed by atoms with E-state index in [1.165, 1.54) is 35.6 Å². The highest BCUT2D eigenvalue weighted by Crippen LogP contribution is 2.27. The summed E-state index contributed by atoms with van der Waals surface area (Å²) in [6.45, 7) is 0.327. The Kier molecular flexibility index (Phi) is 5.50. The van der Waals surface area contributed by atoms with Crippen molar-refractivity contribution < 1.29 is 22.7 Å². The van der Waals surface area contributed by atoms with E-state index in [0.29, 0.717) is 5.56 Å². The highest BCUT2D eigenvalue weighted by atomic mass is 32.1. The molecule has 0 saturated heterocycles. The van der Waals surface area contributed by atoms with Gasteiger partial charge in [-0.25, -0.2) is 4.98 Å². The van der Waals surface area contributed by atoms with Crippen molar-refractivity contribution >= 4 is 32.6 Å². The van der Waals surface area contributed by atoms with Gasteiger partial charge < -0.3 is 15.0 Å². The van der Waals surface area contributed by atoms with Crippen molar-refractivity contribution in [3.63, 3.8) is 0 Å². The van der Waals surface area contributed by atoms with E-state index in [2.05, 4.69) is 15.0 Å². The maximum absolute atomic E-state index is 12.1. The van der Waals surface area contributed by atoms with E-state index in [-0.39, 0.29) is 24.7 Å². The van der Waals surface area contributed by atoms with Crippen molar-refractivity contribution in [2.75, 3.05) is 18.5 Å². The number of halogens is 3. The summed E-state index contributed by atoms with van der Waals surface area (Å²) in [4.78, 5) is 18.4. The first-order valence-corrected chi connectivity index (χ1v) is 8.80. The van der Waals surface area contributed by atoms with E-state index in [1.54, 1.807) is 11.9 Å². The number of fused-ring (bicyclic) bond motifs is 1. The molecule has 1 amide bonds. The molecule has 0 fully saturated rings. The van der Waals surface area contributed by atoms with E-state index in [9.17, 15) is 18.0 Å². The third kappa shape index (κ3) is 5.33. The molecule has 1 heterocycles. The lowest BCUT2D eigenvalue weighted by molar-refractivity contribution is -0.274. The van der Waals surface area contributed by atoms with Gasteiger partial charge in [0.05, 0.1) is 16.8 Å². The first-order chi connectivity index (χ1) is 12.8. The normalized spacial score (nSPS) is 11.4. The van der Waals surface area contributed by atoms with Crippen molar-refractivity contribution in [1.29, 1.82) is 0 Å². The summed E-state index contributed by atoms with van der Waals surface area (Å²) in [5.41, 5.74) is 1.55. The molecule has 2 aromatic carbocycles. The number of thiazole rings is 1. The molecule has 3 aromatic rings. The smallest absolute Gasteiger partial charge is 0.406 e. The number of anilines is 1. The molecule has 0 aliphatic carbocycles. The number of hydrogen-bond donors (Lipinski definition) is 1. The van der Waals surface area contributed by atoms with Gasteiger partial charge in [-0.05, 0) is 29.8 Å². The maximum atomic E-state index is 12.1. The van der Waals surface area contributed by atoms with Gasteiger partial charge in [0, 0.05) is 13.6 Å². The highest BCUT2D eigenvalue weighted by molar-refractivity contribution is 7.22. The van der Waals surface area contributed by atoms with Gasteiger partial charge in [-0.15, -0.1) is 13.2 Å². The Morgan fingerprint density at radius 2 is 1.89 bits per heavy atom. The number of likely N-dealkylation sites (N-methyl/N-ethyl adjacent to an activating group) is 1. The second-order valence-electron chi connectivity index (χ2n) is 5.79. The minimum atomic E-state index is -4.72. The number of amides is 1. The Balaban J connectivity index is 1.51. The minimum absolute atomic E-state index is 0.120. The summed E-state index contributed by atoms with van der Waals surface area (Å²) in [5.74, 6) is -0.513. The molecule has 0 saturated carbocycles. The van der Waals surface area contributed by atoms with Crippen molar-refractivity contribution in [2.45, 2.75) is 12.9 Å². The Labute approximate surface area is 157 Å². The summed E-state index contributed by atoms with van der Waals surface area (Å²) in [6, 6.07) is 13.1. The van der Waals surface area contributed by atoms with Crippen molar-refractivity contribution in [3.8, 4) is 5.75 Å². The molecular weight excluding hydrogens is 379 g/mol. The van der Waals surface area contributed by atoms with E-state index < -0.39 is 6.36 Å². The molecule has 0 atom stereocenters. The van der Waals surface area contributed by atoms with E-state index in [4.69, 9.17) is 0 Å². The molecule has 5 nitrogen and oxygen atoms in total. The molecule has 142 valence electrons. The standard InChI is InChI=1S/C18H16F3N3O2S/c1-24(17-23-14-4-2-3-5-15(14)27-17)11-16(25)22-10-12-6-8-13(9-7-12)26-18(19,20)21/h2-9H,10-11H2,1H3,(H,22,25). The number of nitrogens with zero attached hydrogens (tertiary/aromatic N) is 2. The predicted octanol–water partition coefficient (Wildman–Crippen LogP) is 3.95. The van der Waals surface area contributed by atoms with Crippen LogP contribution in [0.3, 0.4) is 0 Å². The molecule has 3 rings (SSSR count). The molecule has 0 radical (unpaired) electrons. The predicted molar refractivity (Wildman–Crippen MR) is 97.9 cm³/mol. The topological polar surface area (TPSA) is 54.5 Å². The Bertz CT molecular complexity index is 892. The number of aromatic nitrogens is 1. The lowest BCUT2D eigenvalue weighted by atomic mass is 10.2. The SMILES string of the molecule is CN(CC(=O)NCc1ccc(OC(F)(F)F)cc1)c1nc2ccccc2s1. The van der Waals surface area contributed by atoms with Crippen LogP contribution in [0.1, 0.15) is 5.56 Å². The van der Waals surface area contributed by atoms with Crippen LogP contribution in [0.15, 0.2) is 48.5 Å². The number of ether oxygens (including phenoxy) is 1. The first kappa shape index (κ1) is 19.0. The molecule has 27 heavy (non-hydrogen) atoms. The van der Waals surface area contributed by atoms with E-state index in [0.717, 1.165) is 15.3 Å². The number of para-hydroxylation sites is 1. The van der Waals surface area contributed by atoms with Gasteiger partial charge in [0.1, 0.15) is 5.75 Å². The molecule has 1 aromatic heterocycles. The molecule has 0 unspecified atom stereocenters. The quantitative estimate of drug-likeness (QED) is 0.687. The van der Waals surface area contributed by atoms with Gasteiger partial charge in [0.25, 0.3) is 0 Å². The number of nitrogens with one attached hydrogen (secondary N) is 1. The van der Waals surface area contributed by atoms with Gasteiger partial charge in [0.15, 0.2) is 5.13 Å². The van der Waals surface area contributed by atoms with Crippen LogP contribution in [0, 0.1) is 0 Å². The van der Waals surface area contributed by atoms with Gasteiger partial charge >= 0.3 is 6.36 Å². The zero-order valence-corrected chi connectivity index (χ0v) is 15.1. The molecule has 1 N–H and O–H groups in total. The largest absolute Gasteiger partial charge is 0.573 e. The molecule has 0 spiro atoms. The number of rotatable bonds is 6. The molecule has 0 aliphatic rings. The zero-order chi connectivity index (χ0) is 19.4. The summed E-state index contributed by atoms with van der Waals surface area (Å²) in [6.07, 6.45) is -4.72. The van der Waals surface area contributed by atoms with Crippen LogP contribution in [0.2, 0.25) is 0 Å². The van der Waals surface area contributed by atoms with Gasteiger partial charge in [-0.2, -0.15) is 0 Å². The number of alkyl halides is 3. The van der Waals surface area contributed by atoms with Crippen LogP contribution in [-0.4, -0.2) is 30.8 Å². The third-order valence-electron chi connectivity index (χ3n) is 3.64. The molecule has 9 heteroatoms. The number of hydrogen-bond acceptors (Lipinski definition) is 5. The summed E-state index contributed by atoms with van der Waals surface area (Å²) in [5, 5.41) is 3.47. The fourth-order valence-corrected chi connectivity index (χ4v) is 3.30. The van der Waals surface area contributed by atoms with E-state index >= 15 is 0 Å². The Morgan fingerprint density at radius 3 is 2.56 bits per heavy atom. The number of benzene rings is 2. The third-order valence-corrected chi connectivity index (χ3v) is 4.79. The molecular formula is C18H16F3N3O2S. The lowest BCUT2D eigenvalue weighted by Gasteiger charge is -2.15. The van der Waals surface area contributed by atoms with Crippen molar-refractivity contribution in [3.05, 3.63) is 54.1 Å². The van der Waals surface area contributed by atoms with Crippen LogP contribution in [0.25, 0.3) is 10.2 Å². The monoisotopic (exact) mass is 395 g/mol. The summed E-state index contributed by atoms with van der Waals surface area (Å²) < 4.78 is 41.3. The van der Waals surface area contributed by atoms with Crippen molar-refractivity contribution in [2.24, 2.45) is 0 Å². The number of carbonyl (C=O) groups is 1. The molecule has 0 aliphatic heterocycles. The Hall–Kier alpha value is -2.81. The average Bonchev–Trinajstić information content (AvgIpc) is 3.04. The van der Waals surface area contributed by atoms with E-state index in [1.807, 2.05) is 24.3 Å². The lowest BCUT2D eigenvalue weighted by Crippen LogP contribution is -2.34. The van der Waals surface area contributed by atoms with Crippen LogP contribution in [-0.2, 0) is 11.3 Å². The van der Waals surface area contributed by atoms with Crippen LogP contribution in [0.4, 0.5) is 18.3 Å². The fourth-order valence-electron chi connectivity index (χ4n) is 2.37. The van der Waals surface area contributed by atoms with Gasteiger partial charge in [-0.3, -0.25) is 4.79 Å². The highest BCUT2D eigenvalue weighted by Gasteiger charge is 2.30. The van der Waals surface area contributed by atoms with Crippen LogP contribution < -0.4 is 15.0 Å². The second kappa shape index (κ2) is 7.83. The Morgan fingerprint density at radius 1 is 1.19 bits per heavy atom. The van der Waals surface area contributed by atoms with Crippen molar-refractivity contribution in [1.82, 2.24) is 10.3 Å². The van der Waals surface area contributed by atoms with Gasteiger partial charge in [-0.1, -0.05) is 35.6 Å². The summed E-state index contributed by atoms with van der Waals surface area (Å²) >= 11 is 1.50. The number of carbonyl (C=O) groups excluding carboxylic acids is 1. The van der Waals surface area contributed by atoms with Crippen LogP contribution in [0.5, 0.6) is 5.75 Å². The second-order valence-corrected chi connectivity index (χ2v) is 6.80. The van der Waals surface area contributed by atoms with Crippen LogP contribution >= 0.6 is 11.3 Å². The first-order valence-electron chi connectivity index (χ1n) is 7.98.